The Bertz CT molecular complexity index is 3590. The number of hydrogen-bond acceptors (Lipinski definition) is 5. The average molecular weight is 800 g/mol. The highest BCUT2D eigenvalue weighted by Gasteiger charge is 2.19. The van der Waals surface area contributed by atoms with Gasteiger partial charge in [0.15, 0.2) is 5.82 Å². The van der Waals surface area contributed by atoms with Gasteiger partial charge in [-0.1, -0.05) is 176 Å². The molecule has 0 N–H and O–H groups in total. The van der Waals surface area contributed by atoms with Crippen LogP contribution in [0.1, 0.15) is 0 Å². The van der Waals surface area contributed by atoms with Gasteiger partial charge in [0.05, 0.1) is 27.3 Å². The Morgan fingerprint density at radius 3 is 1.65 bits per heavy atom. The van der Waals surface area contributed by atoms with Crippen molar-refractivity contribution in [2.75, 3.05) is 0 Å². The Balaban J connectivity index is 0.980. The number of fused-ring (bicyclic) bond motifs is 8. The van der Waals surface area contributed by atoms with E-state index in [1.54, 1.807) is 0 Å². The molecule has 0 spiro atoms. The largest absolute Gasteiger partial charge is 0.246 e. The summed E-state index contributed by atoms with van der Waals surface area (Å²) in [5, 5.41) is 6.29. The highest BCUT2D eigenvalue weighted by Crippen LogP contribution is 2.45. The molecular formula is C55H33N3S2. The molecular weight excluding hydrogens is 767 g/mol. The molecule has 0 saturated carbocycles. The molecule has 0 aliphatic heterocycles. The van der Waals surface area contributed by atoms with E-state index in [-0.39, 0.29) is 0 Å². The predicted molar refractivity (Wildman–Crippen MR) is 256 cm³/mol. The van der Waals surface area contributed by atoms with Crippen molar-refractivity contribution < 1.29 is 0 Å². The summed E-state index contributed by atoms with van der Waals surface area (Å²) in [7, 11) is 0. The van der Waals surface area contributed by atoms with E-state index < -0.39 is 0 Å². The standard InChI is InChI=1S/C55H33N3S2/c1-3-14-35(15-4-1)46-33-47(39-19-11-18-38(32-39)41-23-13-24-43-42-20-7-9-26-48(42)59-53(41)43)57-55(56-46)37-30-28-34(29-31-37)40-22-12-25-45-50-44-21-8-10-27-49(44)60-54(50)51(58-52(40)45)36-16-5-2-6-17-36/h1-33H. The van der Waals surface area contributed by atoms with E-state index in [1.807, 2.05) is 28.7 Å². The number of nitrogens with zero attached hydrogens (tertiary/aromatic N) is 3. The van der Waals surface area contributed by atoms with Crippen LogP contribution in [0.3, 0.4) is 0 Å². The Morgan fingerprint density at radius 1 is 0.317 bits per heavy atom. The van der Waals surface area contributed by atoms with E-state index in [0.717, 1.165) is 61.4 Å². The second-order valence-corrected chi connectivity index (χ2v) is 17.2. The Kier molecular flexibility index (Phi) is 8.22. The van der Waals surface area contributed by atoms with Crippen LogP contribution in [0.25, 0.3) is 119 Å². The van der Waals surface area contributed by atoms with Gasteiger partial charge in [-0.05, 0) is 41.0 Å². The molecule has 8 aromatic carbocycles. The number of para-hydroxylation sites is 1. The molecule has 0 saturated heterocycles. The number of pyridine rings is 1. The van der Waals surface area contributed by atoms with Crippen molar-refractivity contribution in [1.29, 1.82) is 0 Å². The lowest BCUT2D eigenvalue weighted by molar-refractivity contribution is 1.18. The Morgan fingerprint density at radius 2 is 0.867 bits per heavy atom. The van der Waals surface area contributed by atoms with E-state index in [9.17, 15) is 0 Å². The first-order valence-electron chi connectivity index (χ1n) is 20.1. The molecule has 0 fully saturated rings. The van der Waals surface area contributed by atoms with Crippen LogP contribution >= 0.6 is 22.7 Å². The first kappa shape index (κ1) is 34.7. The summed E-state index contributed by atoms with van der Waals surface area (Å²) in [5.74, 6) is 0.684. The van der Waals surface area contributed by atoms with Crippen LogP contribution in [-0.4, -0.2) is 15.0 Å². The number of rotatable bonds is 6. The molecule has 0 unspecified atom stereocenters. The highest BCUT2D eigenvalue weighted by atomic mass is 32.1. The number of hydrogen-bond donors (Lipinski definition) is 0. The summed E-state index contributed by atoms with van der Waals surface area (Å²) in [6, 6.07) is 71.1. The molecule has 0 aliphatic rings. The molecule has 4 heterocycles. The molecule has 0 atom stereocenters. The fourth-order valence-corrected chi connectivity index (χ4v) is 11.1. The zero-order valence-corrected chi connectivity index (χ0v) is 33.8. The summed E-state index contributed by atoms with van der Waals surface area (Å²) < 4.78 is 5.09. The number of aromatic nitrogens is 3. The monoisotopic (exact) mass is 799 g/mol. The lowest BCUT2D eigenvalue weighted by atomic mass is 9.97. The molecule has 12 aromatic rings. The van der Waals surface area contributed by atoms with Crippen LogP contribution in [0.15, 0.2) is 200 Å². The van der Waals surface area contributed by atoms with Gasteiger partial charge in [-0.2, -0.15) is 0 Å². The number of thiophene rings is 2. The van der Waals surface area contributed by atoms with Crippen LogP contribution in [0.4, 0.5) is 0 Å². The first-order chi connectivity index (χ1) is 29.7. The Labute approximate surface area is 354 Å². The van der Waals surface area contributed by atoms with Crippen molar-refractivity contribution in [3.8, 4) is 67.4 Å². The van der Waals surface area contributed by atoms with Crippen LogP contribution in [0, 0.1) is 0 Å². The first-order valence-corrected chi connectivity index (χ1v) is 21.7. The zero-order chi connectivity index (χ0) is 39.6. The minimum absolute atomic E-state index is 0.684. The molecule has 60 heavy (non-hydrogen) atoms. The van der Waals surface area contributed by atoms with E-state index >= 15 is 0 Å². The zero-order valence-electron chi connectivity index (χ0n) is 32.2. The minimum Gasteiger partial charge on any atom is -0.246 e. The third kappa shape index (κ3) is 5.82. The third-order valence-electron chi connectivity index (χ3n) is 11.5. The average Bonchev–Trinajstić information content (AvgIpc) is 3.91. The topological polar surface area (TPSA) is 38.7 Å². The molecule has 0 radical (unpaired) electrons. The van der Waals surface area contributed by atoms with Crippen LogP contribution in [0.2, 0.25) is 0 Å². The summed E-state index contributed by atoms with van der Waals surface area (Å²) in [6.45, 7) is 0. The van der Waals surface area contributed by atoms with Crippen molar-refractivity contribution in [3.05, 3.63) is 200 Å². The SMILES string of the molecule is c1ccc(-c2cc(-c3cccc(-c4cccc5c4sc4ccccc45)c3)nc(-c3ccc(-c4cccc5c4nc(-c4ccccc4)c4sc6ccccc6c45)cc3)n2)cc1. The van der Waals surface area contributed by atoms with Crippen LogP contribution < -0.4 is 0 Å². The molecule has 0 aliphatic carbocycles. The van der Waals surface area contributed by atoms with E-state index in [0.29, 0.717) is 5.82 Å². The van der Waals surface area contributed by atoms with Crippen molar-refractivity contribution in [2.45, 2.75) is 0 Å². The van der Waals surface area contributed by atoms with Gasteiger partial charge in [0, 0.05) is 68.8 Å². The second kappa shape index (κ2) is 14.2. The lowest BCUT2D eigenvalue weighted by Crippen LogP contribution is -1.96. The van der Waals surface area contributed by atoms with E-state index in [1.165, 1.54) is 51.5 Å². The van der Waals surface area contributed by atoms with Crippen LogP contribution in [-0.2, 0) is 0 Å². The fourth-order valence-electron chi connectivity index (χ4n) is 8.63. The third-order valence-corrected chi connectivity index (χ3v) is 13.9. The molecule has 5 heteroatoms. The summed E-state index contributed by atoms with van der Waals surface area (Å²) >= 11 is 3.68. The van der Waals surface area contributed by atoms with Crippen LogP contribution in [0.5, 0.6) is 0 Å². The van der Waals surface area contributed by atoms with Gasteiger partial charge in [-0.25, -0.2) is 15.0 Å². The van der Waals surface area contributed by atoms with Gasteiger partial charge in [0.25, 0.3) is 0 Å². The fraction of sp³-hybridized carbons (Fsp3) is 0. The van der Waals surface area contributed by atoms with Crippen molar-refractivity contribution >= 4 is 73.9 Å². The summed E-state index contributed by atoms with van der Waals surface area (Å²) in [6.07, 6.45) is 0. The predicted octanol–water partition coefficient (Wildman–Crippen LogP) is 15.8. The summed E-state index contributed by atoms with van der Waals surface area (Å²) in [5.41, 5.74) is 12.5. The van der Waals surface area contributed by atoms with Gasteiger partial charge >= 0.3 is 0 Å². The van der Waals surface area contributed by atoms with Gasteiger partial charge in [-0.15, -0.1) is 22.7 Å². The molecule has 0 amide bonds. The lowest BCUT2D eigenvalue weighted by Gasteiger charge is -2.13. The van der Waals surface area contributed by atoms with Crippen molar-refractivity contribution in [3.63, 3.8) is 0 Å². The second-order valence-electron chi connectivity index (χ2n) is 15.1. The molecule has 3 nitrogen and oxygen atoms in total. The van der Waals surface area contributed by atoms with Gasteiger partial charge < -0.3 is 0 Å². The van der Waals surface area contributed by atoms with E-state index in [2.05, 4.69) is 194 Å². The van der Waals surface area contributed by atoms with E-state index in [4.69, 9.17) is 15.0 Å². The normalized spacial score (nSPS) is 11.7. The van der Waals surface area contributed by atoms with Crippen molar-refractivity contribution in [2.24, 2.45) is 0 Å². The minimum atomic E-state index is 0.684. The smallest absolute Gasteiger partial charge is 0.160 e. The number of benzene rings is 8. The van der Waals surface area contributed by atoms with Gasteiger partial charge in [-0.3, -0.25) is 0 Å². The molecule has 0 bridgehead atoms. The summed E-state index contributed by atoms with van der Waals surface area (Å²) in [4.78, 5) is 15.9. The van der Waals surface area contributed by atoms with Crippen molar-refractivity contribution in [1.82, 2.24) is 15.0 Å². The Hall–Kier alpha value is -7.31. The van der Waals surface area contributed by atoms with Gasteiger partial charge in [0.2, 0.25) is 0 Å². The molecule has 280 valence electrons. The maximum atomic E-state index is 5.46. The van der Waals surface area contributed by atoms with Gasteiger partial charge in [0.1, 0.15) is 0 Å². The molecule has 12 rings (SSSR count). The maximum absolute atomic E-state index is 5.46. The quantitative estimate of drug-likeness (QED) is 0.168. The highest BCUT2D eigenvalue weighted by molar-refractivity contribution is 7.26. The maximum Gasteiger partial charge on any atom is 0.160 e. The molecule has 4 aromatic heterocycles.